The van der Waals surface area contributed by atoms with Gasteiger partial charge in [0.05, 0.1) is 0 Å². The van der Waals surface area contributed by atoms with E-state index in [9.17, 15) is 4.79 Å². The van der Waals surface area contributed by atoms with Crippen molar-refractivity contribution in [2.45, 2.75) is 6.42 Å². The Morgan fingerprint density at radius 2 is 2.38 bits per heavy atom. The molecule has 0 atom stereocenters. The maximum absolute atomic E-state index is 10.4. The van der Waals surface area contributed by atoms with Gasteiger partial charge in [0.1, 0.15) is 5.82 Å². The summed E-state index contributed by atoms with van der Waals surface area (Å²) >= 11 is 0. The van der Waals surface area contributed by atoms with Gasteiger partial charge in [-0.25, -0.2) is 4.98 Å². The van der Waals surface area contributed by atoms with Crippen LogP contribution in [0.4, 0.5) is 11.8 Å². The van der Waals surface area contributed by atoms with Crippen molar-refractivity contribution in [2.75, 3.05) is 17.6 Å². The Bertz CT molecular complexity index is 301. The number of nitrogens with one attached hydrogen (secondary N) is 1. The van der Waals surface area contributed by atoms with E-state index in [0.29, 0.717) is 12.4 Å². The molecule has 1 amide bonds. The van der Waals surface area contributed by atoms with Gasteiger partial charge >= 0.3 is 0 Å². The highest BCUT2D eigenvalue weighted by molar-refractivity contribution is 5.74. The lowest BCUT2D eigenvalue weighted by molar-refractivity contribution is -0.117. The Morgan fingerprint density at radius 1 is 1.62 bits per heavy atom. The molecule has 0 unspecified atom stereocenters. The Morgan fingerprint density at radius 3 is 3.00 bits per heavy atom. The zero-order valence-electron chi connectivity index (χ0n) is 7.03. The summed E-state index contributed by atoms with van der Waals surface area (Å²) in [6.45, 7) is 0.450. The van der Waals surface area contributed by atoms with Crippen LogP contribution in [-0.2, 0) is 4.79 Å². The summed E-state index contributed by atoms with van der Waals surface area (Å²) in [7, 11) is 0. The second-order valence-electron chi connectivity index (χ2n) is 2.44. The van der Waals surface area contributed by atoms with Gasteiger partial charge in [-0.05, 0) is 6.07 Å². The number of anilines is 2. The van der Waals surface area contributed by atoms with Crippen molar-refractivity contribution >= 4 is 17.7 Å². The molecule has 0 aliphatic rings. The second-order valence-corrected chi connectivity index (χ2v) is 2.44. The quantitative estimate of drug-likeness (QED) is 0.572. The lowest BCUT2D eigenvalue weighted by Crippen LogP contribution is -2.16. The summed E-state index contributed by atoms with van der Waals surface area (Å²) in [5.41, 5.74) is 10.3. The van der Waals surface area contributed by atoms with Gasteiger partial charge < -0.3 is 16.8 Å². The molecule has 1 heterocycles. The predicted molar refractivity (Wildman–Crippen MR) is 48.7 cm³/mol. The van der Waals surface area contributed by atoms with Crippen molar-refractivity contribution in [1.82, 2.24) is 9.97 Å². The Kier molecular flexibility index (Phi) is 3.02. The largest absolute Gasteiger partial charge is 0.370 e. The van der Waals surface area contributed by atoms with E-state index in [1.807, 2.05) is 0 Å². The average molecular weight is 181 g/mol. The molecule has 13 heavy (non-hydrogen) atoms. The fourth-order valence-electron chi connectivity index (χ4n) is 0.786. The van der Waals surface area contributed by atoms with E-state index in [-0.39, 0.29) is 18.3 Å². The molecule has 1 aromatic rings. The summed E-state index contributed by atoms with van der Waals surface area (Å²) in [6.07, 6.45) is 1.80. The first-order valence-electron chi connectivity index (χ1n) is 3.79. The van der Waals surface area contributed by atoms with E-state index in [1.165, 1.54) is 6.20 Å². The number of nitrogens with two attached hydrogens (primary N) is 2. The Labute approximate surface area is 75.4 Å². The number of carbonyl (C=O) groups excluding carboxylic acids is 1. The third-order valence-electron chi connectivity index (χ3n) is 1.35. The van der Waals surface area contributed by atoms with Crippen LogP contribution in [0.5, 0.6) is 0 Å². The molecule has 5 N–H and O–H groups in total. The van der Waals surface area contributed by atoms with Crippen molar-refractivity contribution in [3.63, 3.8) is 0 Å². The monoisotopic (exact) mass is 181 g/mol. The number of hydrogen-bond donors (Lipinski definition) is 3. The predicted octanol–water partition coefficient (Wildman–Crippen LogP) is -0.654. The van der Waals surface area contributed by atoms with Crippen LogP contribution in [0, 0.1) is 0 Å². The topological polar surface area (TPSA) is 107 Å². The first-order chi connectivity index (χ1) is 6.18. The summed E-state index contributed by atoms with van der Waals surface area (Å²) in [4.78, 5) is 18.0. The highest BCUT2D eigenvalue weighted by atomic mass is 16.1. The molecule has 0 aliphatic heterocycles. The van der Waals surface area contributed by atoms with E-state index >= 15 is 0 Å². The van der Waals surface area contributed by atoms with Crippen LogP contribution in [0.1, 0.15) is 6.42 Å². The van der Waals surface area contributed by atoms with Gasteiger partial charge in [-0.1, -0.05) is 0 Å². The number of carbonyl (C=O) groups is 1. The van der Waals surface area contributed by atoms with E-state index in [2.05, 4.69) is 15.3 Å². The number of aromatic nitrogens is 2. The molecule has 70 valence electrons. The molecule has 0 aromatic carbocycles. The lowest BCUT2D eigenvalue weighted by Gasteiger charge is -2.02. The van der Waals surface area contributed by atoms with Crippen LogP contribution in [0.2, 0.25) is 0 Å². The van der Waals surface area contributed by atoms with Crippen LogP contribution >= 0.6 is 0 Å². The Balaban J connectivity index is 2.41. The fourth-order valence-corrected chi connectivity index (χ4v) is 0.786. The molecule has 0 aliphatic carbocycles. The molecule has 0 bridgehead atoms. The van der Waals surface area contributed by atoms with Crippen molar-refractivity contribution in [1.29, 1.82) is 0 Å². The number of nitrogens with zero attached hydrogens (tertiary/aromatic N) is 2. The second kappa shape index (κ2) is 4.24. The van der Waals surface area contributed by atoms with Crippen molar-refractivity contribution in [3.8, 4) is 0 Å². The van der Waals surface area contributed by atoms with E-state index < -0.39 is 0 Å². The molecule has 0 saturated carbocycles. The van der Waals surface area contributed by atoms with Gasteiger partial charge in [-0.3, -0.25) is 4.79 Å². The van der Waals surface area contributed by atoms with Gasteiger partial charge in [-0.2, -0.15) is 4.98 Å². The van der Waals surface area contributed by atoms with Gasteiger partial charge in [0.15, 0.2) is 0 Å². The summed E-state index contributed by atoms with van der Waals surface area (Å²) in [5.74, 6) is 0.437. The average Bonchev–Trinajstić information content (AvgIpc) is 2.03. The maximum Gasteiger partial charge on any atom is 0.221 e. The van der Waals surface area contributed by atoms with Crippen LogP contribution < -0.4 is 16.8 Å². The first kappa shape index (κ1) is 9.24. The van der Waals surface area contributed by atoms with Crippen molar-refractivity contribution in [3.05, 3.63) is 12.3 Å². The highest BCUT2D eigenvalue weighted by Crippen LogP contribution is 2.01. The Hall–Kier alpha value is -1.85. The highest BCUT2D eigenvalue weighted by Gasteiger charge is 1.96. The zero-order valence-corrected chi connectivity index (χ0v) is 7.03. The molecule has 0 saturated heterocycles. The number of hydrogen-bond acceptors (Lipinski definition) is 5. The van der Waals surface area contributed by atoms with Crippen LogP contribution in [0.3, 0.4) is 0 Å². The van der Waals surface area contributed by atoms with Crippen molar-refractivity contribution in [2.24, 2.45) is 5.73 Å². The zero-order chi connectivity index (χ0) is 9.68. The van der Waals surface area contributed by atoms with E-state index in [0.717, 1.165) is 0 Å². The first-order valence-corrected chi connectivity index (χ1v) is 3.79. The molecule has 0 spiro atoms. The van der Waals surface area contributed by atoms with Gasteiger partial charge in [-0.15, -0.1) is 0 Å². The van der Waals surface area contributed by atoms with Crippen LogP contribution in [-0.4, -0.2) is 22.4 Å². The third kappa shape index (κ3) is 3.37. The van der Waals surface area contributed by atoms with Gasteiger partial charge in [0.25, 0.3) is 0 Å². The van der Waals surface area contributed by atoms with Crippen molar-refractivity contribution < 1.29 is 4.79 Å². The third-order valence-corrected chi connectivity index (χ3v) is 1.35. The minimum atomic E-state index is -0.352. The number of primary amides is 1. The van der Waals surface area contributed by atoms with E-state index in [1.54, 1.807) is 6.07 Å². The summed E-state index contributed by atoms with van der Waals surface area (Å²) in [6, 6.07) is 1.66. The smallest absolute Gasteiger partial charge is 0.221 e. The fraction of sp³-hybridized carbons (Fsp3) is 0.286. The summed E-state index contributed by atoms with van der Waals surface area (Å²) in [5, 5.41) is 2.88. The van der Waals surface area contributed by atoms with Gasteiger partial charge in [0, 0.05) is 19.2 Å². The van der Waals surface area contributed by atoms with E-state index in [4.69, 9.17) is 11.5 Å². The molecule has 0 fully saturated rings. The normalized spacial score (nSPS) is 9.54. The lowest BCUT2D eigenvalue weighted by atomic mass is 10.4. The molecule has 6 heteroatoms. The standard InChI is InChI=1S/C7H11N5O/c8-5(13)1-3-10-6-2-4-11-7(9)12-6/h2,4H,1,3H2,(H2,8,13)(H3,9,10,11,12). The van der Waals surface area contributed by atoms with Crippen LogP contribution in [0.25, 0.3) is 0 Å². The van der Waals surface area contributed by atoms with Crippen LogP contribution in [0.15, 0.2) is 12.3 Å². The molecular weight excluding hydrogens is 170 g/mol. The number of nitrogen functional groups attached to an aromatic ring is 1. The van der Waals surface area contributed by atoms with Gasteiger partial charge in [0.2, 0.25) is 11.9 Å². The SMILES string of the molecule is NC(=O)CCNc1ccnc(N)n1. The molecule has 1 aromatic heterocycles. The molecular formula is C7H11N5O. The maximum atomic E-state index is 10.4. The number of rotatable bonds is 4. The minimum Gasteiger partial charge on any atom is -0.370 e. The molecule has 0 radical (unpaired) electrons. The molecule has 1 rings (SSSR count). The minimum absolute atomic E-state index is 0.198. The summed E-state index contributed by atoms with van der Waals surface area (Å²) < 4.78 is 0. The number of amides is 1. The molecule has 6 nitrogen and oxygen atoms in total.